The summed E-state index contributed by atoms with van der Waals surface area (Å²) in [6.45, 7) is 0.463. The van der Waals surface area contributed by atoms with Crippen LogP contribution in [-0.4, -0.2) is 39.1 Å². The minimum absolute atomic E-state index is 0.342. The first-order valence-electron chi connectivity index (χ1n) is 8.71. The Hall–Kier alpha value is -3.56. The molecule has 1 aromatic carbocycles. The molecule has 2 amide bonds. The number of hydrogen-bond acceptors (Lipinski definition) is 4. The van der Waals surface area contributed by atoms with Crippen molar-refractivity contribution in [1.29, 1.82) is 0 Å². The van der Waals surface area contributed by atoms with E-state index in [1.54, 1.807) is 54.1 Å². The summed E-state index contributed by atoms with van der Waals surface area (Å²) in [6.07, 6.45) is -0.495. The highest BCUT2D eigenvalue weighted by atomic mass is 19.4. The van der Waals surface area contributed by atoms with Crippen LogP contribution in [0.4, 0.5) is 23.7 Å². The van der Waals surface area contributed by atoms with E-state index < -0.39 is 18.8 Å². The van der Waals surface area contributed by atoms with Crippen molar-refractivity contribution < 1.29 is 23.2 Å². The normalized spacial score (nSPS) is 12.2. The Balaban J connectivity index is 1.83. The lowest BCUT2D eigenvalue weighted by Crippen LogP contribution is -2.36. The predicted molar refractivity (Wildman–Crippen MR) is 102 cm³/mol. The number of fused-ring (bicyclic) bond motifs is 1. The molecule has 0 saturated carbocycles. The van der Waals surface area contributed by atoms with Crippen LogP contribution in [-0.2, 0) is 0 Å². The number of nitrogens with zero attached hydrogens (tertiary/aromatic N) is 3. The fraction of sp³-hybridized carbons (Fsp3) is 0.211. The summed E-state index contributed by atoms with van der Waals surface area (Å²) in [4.78, 5) is 16.0. The average molecular weight is 405 g/mol. The van der Waals surface area contributed by atoms with Crippen molar-refractivity contribution in [3.05, 3.63) is 54.4 Å². The first kappa shape index (κ1) is 20.2. The smallest absolute Gasteiger partial charge is 0.405 e. The molecule has 152 valence electrons. The van der Waals surface area contributed by atoms with E-state index >= 15 is 0 Å². The molecule has 0 atom stereocenters. The zero-order chi connectivity index (χ0) is 21.0. The number of carbonyl (C=O) groups excluding carboxylic acids is 1. The van der Waals surface area contributed by atoms with Crippen LogP contribution in [0.15, 0.2) is 53.9 Å². The second-order valence-corrected chi connectivity index (χ2v) is 6.19. The number of pyridine rings is 1. The summed E-state index contributed by atoms with van der Waals surface area (Å²) >= 11 is 0. The van der Waals surface area contributed by atoms with Crippen molar-refractivity contribution in [2.24, 2.45) is 5.16 Å². The number of urea groups is 1. The van der Waals surface area contributed by atoms with Crippen molar-refractivity contribution in [2.75, 3.05) is 11.9 Å². The molecule has 0 aliphatic carbocycles. The maximum absolute atomic E-state index is 12.2. The highest BCUT2D eigenvalue weighted by Gasteiger charge is 2.27. The molecule has 29 heavy (non-hydrogen) atoms. The van der Waals surface area contributed by atoms with Crippen LogP contribution in [0.25, 0.3) is 16.9 Å². The van der Waals surface area contributed by atoms with Crippen LogP contribution >= 0.6 is 0 Å². The van der Waals surface area contributed by atoms with Gasteiger partial charge in [0.25, 0.3) is 0 Å². The maximum Gasteiger partial charge on any atom is 0.405 e. The van der Waals surface area contributed by atoms with E-state index in [4.69, 9.17) is 5.21 Å². The standard InChI is InChI=1S/C19H18F3N5O2/c1-2-15(26-29)12-6-7-27-16(10-23-17(27)9-12)13-4-3-5-14(8-13)25-18(28)24-11-19(20,21)22/h3-10,29H,2,11H2,1H3,(H2,24,25,28)/b26-15+. The lowest BCUT2D eigenvalue weighted by molar-refractivity contribution is -0.122. The summed E-state index contributed by atoms with van der Waals surface area (Å²) < 4.78 is 38.4. The highest BCUT2D eigenvalue weighted by molar-refractivity contribution is 6.00. The Labute approximate surface area is 163 Å². The van der Waals surface area contributed by atoms with Gasteiger partial charge >= 0.3 is 12.2 Å². The van der Waals surface area contributed by atoms with Crippen LogP contribution in [0, 0.1) is 0 Å². The van der Waals surface area contributed by atoms with E-state index in [0.717, 1.165) is 11.3 Å². The van der Waals surface area contributed by atoms with Gasteiger partial charge in [0.2, 0.25) is 0 Å². The van der Waals surface area contributed by atoms with E-state index in [0.29, 0.717) is 29.0 Å². The van der Waals surface area contributed by atoms with Gasteiger partial charge in [0.15, 0.2) is 0 Å². The average Bonchev–Trinajstić information content (AvgIpc) is 3.10. The Morgan fingerprint density at radius 3 is 2.76 bits per heavy atom. The third kappa shape index (κ3) is 4.84. The fourth-order valence-corrected chi connectivity index (χ4v) is 2.82. The molecule has 2 aromatic heterocycles. The molecule has 7 nitrogen and oxygen atoms in total. The van der Waals surface area contributed by atoms with Gasteiger partial charge in [-0.1, -0.05) is 24.2 Å². The first-order valence-corrected chi connectivity index (χ1v) is 8.71. The molecule has 3 N–H and O–H groups in total. The number of amides is 2. The van der Waals surface area contributed by atoms with Gasteiger partial charge in [-0.3, -0.25) is 4.40 Å². The quantitative estimate of drug-likeness (QED) is 0.336. The number of hydrogen-bond donors (Lipinski definition) is 3. The van der Waals surface area contributed by atoms with E-state index in [2.05, 4.69) is 15.5 Å². The molecule has 2 heterocycles. The van der Waals surface area contributed by atoms with Gasteiger partial charge in [-0.15, -0.1) is 0 Å². The number of rotatable bonds is 5. The van der Waals surface area contributed by atoms with Crippen molar-refractivity contribution >= 4 is 23.1 Å². The number of carbonyl (C=O) groups is 1. The largest absolute Gasteiger partial charge is 0.411 e. The summed E-state index contributed by atoms with van der Waals surface area (Å²) in [7, 11) is 0. The summed E-state index contributed by atoms with van der Waals surface area (Å²) in [5.41, 5.74) is 3.70. The number of alkyl halides is 3. The second kappa shape index (κ2) is 8.21. The van der Waals surface area contributed by atoms with Crippen LogP contribution in [0.5, 0.6) is 0 Å². The van der Waals surface area contributed by atoms with Gasteiger partial charge in [-0.05, 0) is 30.7 Å². The molecule has 0 bridgehead atoms. The SMILES string of the molecule is CC/C(=N\O)c1ccn2c(-c3cccc(NC(=O)NCC(F)(F)F)c3)cnc2c1. The number of nitrogens with one attached hydrogen (secondary N) is 2. The molecule has 3 rings (SSSR count). The first-order chi connectivity index (χ1) is 13.8. The van der Waals surface area contributed by atoms with Crippen molar-refractivity contribution in [3.8, 4) is 11.3 Å². The van der Waals surface area contributed by atoms with Crippen LogP contribution in [0.3, 0.4) is 0 Å². The van der Waals surface area contributed by atoms with Gasteiger partial charge in [0.05, 0.1) is 17.6 Å². The third-order valence-electron chi connectivity index (χ3n) is 4.17. The molecule has 0 unspecified atom stereocenters. The van der Waals surface area contributed by atoms with E-state index in [-0.39, 0.29) is 0 Å². The molecule has 0 spiro atoms. The zero-order valence-corrected chi connectivity index (χ0v) is 15.4. The molecular weight excluding hydrogens is 387 g/mol. The Morgan fingerprint density at radius 1 is 1.28 bits per heavy atom. The van der Waals surface area contributed by atoms with Gasteiger partial charge in [-0.2, -0.15) is 13.2 Å². The summed E-state index contributed by atoms with van der Waals surface area (Å²) in [5, 5.41) is 16.5. The van der Waals surface area contributed by atoms with Gasteiger partial charge < -0.3 is 15.8 Å². The number of halogens is 3. The van der Waals surface area contributed by atoms with Crippen molar-refractivity contribution in [2.45, 2.75) is 19.5 Å². The monoisotopic (exact) mass is 405 g/mol. The van der Waals surface area contributed by atoms with E-state index in [9.17, 15) is 18.0 Å². The zero-order valence-electron chi connectivity index (χ0n) is 15.4. The second-order valence-electron chi connectivity index (χ2n) is 6.19. The van der Waals surface area contributed by atoms with Crippen LogP contribution in [0.1, 0.15) is 18.9 Å². The van der Waals surface area contributed by atoms with Crippen LogP contribution < -0.4 is 10.6 Å². The van der Waals surface area contributed by atoms with E-state index in [1.807, 2.05) is 11.3 Å². The summed E-state index contributed by atoms with van der Waals surface area (Å²) in [5.74, 6) is 0. The molecule has 0 aliphatic heterocycles. The number of imidazole rings is 1. The van der Waals surface area contributed by atoms with Crippen molar-refractivity contribution in [3.63, 3.8) is 0 Å². The van der Waals surface area contributed by atoms with Crippen LogP contribution in [0.2, 0.25) is 0 Å². The topological polar surface area (TPSA) is 91.0 Å². The maximum atomic E-state index is 12.2. The number of anilines is 1. The Kier molecular flexibility index (Phi) is 5.71. The van der Waals surface area contributed by atoms with Gasteiger partial charge in [-0.25, -0.2) is 9.78 Å². The fourth-order valence-electron chi connectivity index (χ4n) is 2.82. The van der Waals surface area contributed by atoms with E-state index in [1.165, 1.54) is 0 Å². The molecular formula is C19H18F3N5O2. The molecule has 0 fully saturated rings. The third-order valence-corrected chi connectivity index (χ3v) is 4.17. The lowest BCUT2D eigenvalue weighted by atomic mass is 10.1. The summed E-state index contributed by atoms with van der Waals surface area (Å²) in [6, 6.07) is 9.31. The van der Waals surface area contributed by atoms with Gasteiger partial charge in [0.1, 0.15) is 12.2 Å². The van der Waals surface area contributed by atoms with Crippen molar-refractivity contribution in [1.82, 2.24) is 14.7 Å². The number of benzene rings is 1. The molecule has 0 radical (unpaired) electrons. The minimum Gasteiger partial charge on any atom is -0.411 e. The highest BCUT2D eigenvalue weighted by Crippen LogP contribution is 2.24. The Bertz CT molecular complexity index is 1060. The Morgan fingerprint density at radius 2 is 2.07 bits per heavy atom. The molecule has 10 heteroatoms. The molecule has 0 saturated heterocycles. The lowest BCUT2D eigenvalue weighted by Gasteiger charge is -2.11. The predicted octanol–water partition coefficient (Wildman–Crippen LogP) is 4.27. The molecule has 0 aliphatic rings. The number of oxime groups is 1. The van der Waals surface area contributed by atoms with Gasteiger partial charge in [0, 0.05) is 23.0 Å². The molecule has 3 aromatic rings. The minimum atomic E-state index is -4.48. The number of aromatic nitrogens is 2.